The molecule has 0 bridgehead atoms. The first-order valence-electron chi connectivity index (χ1n) is 5.59. The molecule has 0 aliphatic carbocycles. The first kappa shape index (κ1) is 12.3. The number of aromatic nitrogens is 1. The standard InChI is InChI=1S/C13H14N2O3/c1-13(2,3)18-11-7-6-10(15(16)17)9-5-4-8-14-12(9)11/h4-8H,1-3H3. The number of nitro benzene ring substituents is 1. The van der Waals surface area contributed by atoms with E-state index in [4.69, 9.17) is 4.74 Å². The van der Waals surface area contributed by atoms with E-state index in [1.807, 2.05) is 20.8 Å². The predicted octanol–water partition coefficient (Wildman–Crippen LogP) is 3.32. The zero-order valence-corrected chi connectivity index (χ0v) is 10.5. The second kappa shape index (κ2) is 4.25. The van der Waals surface area contributed by atoms with Crippen molar-refractivity contribution in [3.63, 3.8) is 0 Å². The molecule has 0 unspecified atom stereocenters. The molecule has 0 aliphatic rings. The molecule has 2 aromatic rings. The summed E-state index contributed by atoms with van der Waals surface area (Å²) in [6, 6.07) is 6.40. The van der Waals surface area contributed by atoms with Crippen molar-refractivity contribution in [2.75, 3.05) is 0 Å². The van der Waals surface area contributed by atoms with Crippen LogP contribution in [-0.4, -0.2) is 15.5 Å². The molecule has 5 heteroatoms. The second-order valence-corrected chi connectivity index (χ2v) is 4.95. The highest BCUT2D eigenvalue weighted by Crippen LogP contribution is 2.32. The van der Waals surface area contributed by atoms with Crippen LogP contribution in [0.15, 0.2) is 30.5 Å². The summed E-state index contributed by atoms with van der Waals surface area (Å²) in [4.78, 5) is 14.7. The van der Waals surface area contributed by atoms with Gasteiger partial charge in [-0.25, -0.2) is 0 Å². The van der Waals surface area contributed by atoms with E-state index in [2.05, 4.69) is 4.98 Å². The van der Waals surface area contributed by atoms with Crippen LogP contribution in [0.2, 0.25) is 0 Å². The molecule has 0 saturated carbocycles. The molecule has 2 rings (SSSR count). The average Bonchev–Trinajstić information content (AvgIpc) is 2.27. The quantitative estimate of drug-likeness (QED) is 0.602. The highest BCUT2D eigenvalue weighted by Gasteiger charge is 2.19. The van der Waals surface area contributed by atoms with Gasteiger partial charge in [0, 0.05) is 12.3 Å². The van der Waals surface area contributed by atoms with Gasteiger partial charge < -0.3 is 4.74 Å². The summed E-state index contributed by atoms with van der Waals surface area (Å²) in [6.45, 7) is 5.76. The van der Waals surface area contributed by atoms with E-state index in [1.165, 1.54) is 6.07 Å². The van der Waals surface area contributed by atoms with Crippen LogP contribution in [-0.2, 0) is 0 Å². The van der Waals surface area contributed by atoms with Gasteiger partial charge in [0.15, 0.2) is 0 Å². The van der Waals surface area contributed by atoms with Crippen LogP contribution in [0, 0.1) is 10.1 Å². The van der Waals surface area contributed by atoms with Crippen molar-refractivity contribution in [1.82, 2.24) is 4.98 Å². The first-order valence-corrected chi connectivity index (χ1v) is 5.59. The minimum absolute atomic E-state index is 0.0411. The largest absolute Gasteiger partial charge is 0.486 e. The Labute approximate surface area is 105 Å². The van der Waals surface area contributed by atoms with Crippen molar-refractivity contribution in [3.8, 4) is 5.75 Å². The van der Waals surface area contributed by atoms with Gasteiger partial charge in [0.05, 0.1) is 10.3 Å². The fourth-order valence-electron chi connectivity index (χ4n) is 1.70. The summed E-state index contributed by atoms with van der Waals surface area (Å²) in [7, 11) is 0. The lowest BCUT2D eigenvalue weighted by Crippen LogP contribution is -2.23. The van der Waals surface area contributed by atoms with Crippen LogP contribution < -0.4 is 4.74 Å². The van der Waals surface area contributed by atoms with Gasteiger partial charge in [-0.3, -0.25) is 15.1 Å². The Morgan fingerprint density at radius 1 is 1.28 bits per heavy atom. The molecule has 18 heavy (non-hydrogen) atoms. The number of rotatable bonds is 2. The molecular weight excluding hydrogens is 232 g/mol. The minimum Gasteiger partial charge on any atom is -0.486 e. The van der Waals surface area contributed by atoms with Crippen LogP contribution in [0.1, 0.15) is 20.8 Å². The van der Waals surface area contributed by atoms with Gasteiger partial charge in [0.2, 0.25) is 0 Å². The minimum atomic E-state index is -0.412. The Bertz CT molecular complexity index is 603. The lowest BCUT2D eigenvalue weighted by Gasteiger charge is -2.21. The predicted molar refractivity (Wildman–Crippen MR) is 68.8 cm³/mol. The maximum atomic E-state index is 10.9. The Hall–Kier alpha value is -2.17. The molecule has 5 nitrogen and oxygen atoms in total. The number of non-ortho nitro benzene ring substituents is 1. The van der Waals surface area contributed by atoms with Crippen molar-refractivity contribution in [1.29, 1.82) is 0 Å². The first-order chi connectivity index (χ1) is 8.38. The summed E-state index contributed by atoms with van der Waals surface area (Å²) in [5.41, 5.74) is 0.182. The summed E-state index contributed by atoms with van der Waals surface area (Å²) in [6.07, 6.45) is 1.60. The Kier molecular flexibility index (Phi) is 2.90. The molecule has 0 amide bonds. The van der Waals surface area contributed by atoms with Gasteiger partial charge in [-0.2, -0.15) is 0 Å². The molecule has 1 aromatic heterocycles. The lowest BCUT2D eigenvalue weighted by atomic mass is 10.1. The average molecular weight is 246 g/mol. The molecule has 0 atom stereocenters. The second-order valence-electron chi connectivity index (χ2n) is 4.95. The third kappa shape index (κ3) is 2.40. The van der Waals surface area contributed by atoms with Crippen LogP contribution in [0.4, 0.5) is 5.69 Å². The summed E-state index contributed by atoms with van der Waals surface area (Å²) in [5.74, 6) is 0.559. The molecule has 0 spiro atoms. The fraction of sp³-hybridized carbons (Fsp3) is 0.308. The van der Waals surface area contributed by atoms with E-state index in [0.717, 1.165) is 0 Å². The van der Waals surface area contributed by atoms with Gasteiger partial charge in [-0.05, 0) is 39.0 Å². The highest BCUT2D eigenvalue weighted by molar-refractivity contribution is 5.92. The van der Waals surface area contributed by atoms with E-state index in [9.17, 15) is 10.1 Å². The van der Waals surface area contributed by atoms with Crippen molar-refractivity contribution in [2.45, 2.75) is 26.4 Å². The van der Waals surface area contributed by atoms with E-state index >= 15 is 0 Å². The van der Waals surface area contributed by atoms with Crippen LogP contribution in [0.3, 0.4) is 0 Å². The number of fused-ring (bicyclic) bond motifs is 1. The monoisotopic (exact) mass is 246 g/mol. The molecule has 1 aromatic carbocycles. The maximum absolute atomic E-state index is 10.9. The van der Waals surface area contributed by atoms with E-state index in [0.29, 0.717) is 16.7 Å². The number of nitrogens with zero attached hydrogens (tertiary/aromatic N) is 2. The maximum Gasteiger partial charge on any atom is 0.279 e. The number of benzene rings is 1. The van der Waals surface area contributed by atoms with Crippen molar-refractivity contribution >= 4 is 16.6 Å². The molecule has 1 heterocycles. The summed E-state index contributed by atoms with van der Waals surface area (Å²) < 4.78 is 5.76. The number of ether oxygens (including phenoxy) is 1. The zero-order chi connectivity index (χ0) is 13.3. The molecule has 0 aliphatic heterocycles. The van der Waals surface area contributed by atoms with Crippen LogP contribution in [0.5, 0.6) is 5.75 Å². The zero-order valence-electron chi connectivity index (χ0n) is 10.5. The van der Waals surface area contributed by atoms with Gasteiger partial charge >= 0.3 is 0 Å². The summed E-state index contributed by atoms with van der Waals surface area (Å²) >= 11 is 0. The Morgan fingerprint density at radius 2 is 2.00 bits per heavy atom. The number of pyridine rings is 1. The highest BCUT2D eigenvalue weighted by atomic mass is 16.6. The Morgan fingerprint density at radius 3 is 2.61 bits per heavy atom. The molecule has 0 N–H and O–H groups in total. The van der Waals surface area contributed by atoms with Crippen LogP contribution in [0.25, 0.3) is 10.9 Å². The summed E-state index contributed by atoms with van der Waals surface area (Å²) in [5, 5.41) is 11.4. The molecule has 0 radical (unpaired) electrons. The van der Waals surface area contributed by atoms with Crippen molar-refractivity contribution in [2.24, 2.45) is 0 Å². The van der Waals surface area contributed by atoms with E-state index < -0.39 is 4.92 Å². The third-order valence-corrected chi connectivity index (χ3v) is 2.32. The van der Waals surface area contributed by atoms with Crippen molar-refractivity contribution < 1.29 is 9.66 Å². The van der Waals surface area contributed by atoms with Crippen LogP contribution >= 0.6 is 0 Å². The van der Waals surface area contributed by atoms with E-state index in [1.54, 1.807) is 24.4 Å². The Balaban J connectivity index is 2.65. The van der Waals surface area contributed by atoms with Gasteiger partial charge in [-0.1, -0.05) is 0 Å². The smallest absolute Gasteiger partial charge is 0.279 e. The van der Waals surface area contributed by atoms with Gasteiger partial charge in [-0.15, -0.1) is 0 Å². The number of hydrogen-bond acceptors (Lipinski definition) is 4. The third-order valence-electron chi connectivity index (χ3n) is 2.32. The number of nitro groups is 1. The molecule has 0 fully saturated rings. The lowest BCUT2D eigenvalue weighted by molar-refractivity contribution is -0.383. The SMILES string of the molecule is CC(C)(C)Oc1ccc([N+](=O)[O-])c2cccnc12. The molecular formula is C13H14N2O3. The number of hydrogen-bond donors (Lipinski definition) is 0. The normalized spacial score (nSPS) is 11.5. The fourth-order valence-corrected chi connectivity index (χ4v) is 1.70. The van der Waals surface area contributed by atoms with Crippen molar-refractivity contribution in [3.05, 3.63) is 40.6 Å². The van der Waals surface area contributed by atoms with Gasteiger partial charge in [0.1, 0.15) is 16.9 Å². The van der Waals surface area contributed by atoms with E-state index in [-0.39, 0.29) is 11.3 Å². The molecule has 94 valence electrons. The molecule has 0 saturated heterocycles. The topological polar surface area (TPSA) is 65.3 Å². The van der Waals surface area contributed by atoms with Gasteiger partial charge in [0.25, 0.3) is 5.69 Å².